The summed E-state index contributed by atoms with van der Waals surface area (Å²) in [6.45, 7) is 0. The molecule has 0 unspecified atom stereocenters. The molecule has 0 aromatic carbocycles. The Labute approximate surface area is 98.3 Å². The second-order valence-electron chi connectivity index (χ2n) is 2.64. The van der Waals surface area contributed by atoms with Gasteiger partial charge in [0.2, 0.25) is 0 Å². The minimum Gasteiger partial charge on any atom is -0.480 e. The minimum atomic E-state index is -5.06. The fourth-order valence-corrected chi connectivity index (χ4v) is 2.18. The van der Waals surface area contributed by atoms with Crippen LogP contribution in [-0.4, -0.2) is 46.3 Å². The van der Waals surface area contributed by atoms with Crippen molar-refractivity contribution in [3.05, 3.63) is 0 Å². The molecule has 94 valence electrons. The number of carboxylic acids is 1. The standard InChI is InChI=1S/C7H10F3NO3S2/c1-15-3-16-2-4(5(12)13)11-6(14)7(8,9)10/h4H,2-3H2,1H3,(H,11,14)(H,12,13)/t4-/m0/s1. The molecular formula is C7H10F3NO3S2. The largest absolute Gasteiger partial charge is 0.480 e. The fraction of sp³-hybridized carbons (Fsp3) is 0.714. The van der Waals surface area contributed by atoms with Crippen molar-refractivity contribution in [2.24, 2.45) is 0 Å². The average Bonchev–Trinajstić information content (AvgIpc) is 2.14. The Kier molecular flexibility index (Phi) is 6.65. The number of amides is 1. The van der Waals surface area contributed by atoms with Crippen LogP contribution < -0.4 is 5.32 Å². The molecular weight excluding hydrogens is 267 g/mol. The number of carbonyl (C=O) groups excluding carboxylic acids is 1. The van der Waals surface area contributed by atoms with Crippen molar-refractivity contribution < 1.29 is 27.9 Å². The summed E-state index contributed by atoms with van der Waals surface area (Å²) in [7, 11) is 0. The van der Waals surface area contributed by atoms with Gasteiger partial charge in [-0.05, 0) is 6.26 Å². The highest BCUT2D eigenvalue weighted by Crippen LogP contribution is 2.16. The van der Waals surface area contributed by atoms with Crippen LogP contribution in [0.25, 0.3) is 0 Å². The molecule has 0 radical (unpaired) electrons. The van der Waals surface area contributed by atoms with E-state index in [-0.39, 0.29) is 5.75 Å². The van der Waals surface area contributed by atoms with Gasteiger partial charge >= 0.3 is 18.1 Å². The van der Waals surface area contributed by atoms with E-state index < -0.39 is 24.1 Å². The molecule has 0 aromatic heterocycles. The normalized spacial score (nSPS) is 13.2. The van der Waals surface area contributed by atoms with Crippen molar-refractivity contribution in [3.63, 3.8) is 0 Å². The van der Waals surface area contributed by atoms with Crippen molar-refractivity contribution in [3.8, 4) is 0 Å². The number of carboxylic acid groups (broad SMARTS) is 1. The number of carbonyl (C=O) groups is 2. The zero-order valence-electron chi connectivity index (χ0n) is 8.21. The van der Waals surface area contributed by atoms with E-state index in [1.165, 1.54) is 17.1 Å². The van der Waals surface area contributed by atoms with Gasteiger partial charge in [-0.25, -0.2) is 4.79 Å². The van der Waals surface area contributed by atoms with Crippen molar-refractivity contribution in [2.45, 2.75) is 12.2 Å². The molecule has 0 rings (SSSR count). The van der Waals surface area contributed by atoms with E-state index in [1.807, 2.05) is 0 Å². The van der Waals surface area contributed by atoms with Gasteiger partial charge in [0, 0.05) is 10.8 Å². The molecule has 0 saturated heterocycles. The van der Waals surface area contributed by atoms with Gasteiger partial charge < -0.3 is 10.4 Å². The van der Waals surface area contributed by atoms with Crippen LogP contribution in [0.4, 0.5) is 13.2 Å². The van der Waals surface area contributed by atoms with Gasteiger partial charge in [-0.2, -0.15) is 24.9 Å². The zero-order chi connectivity index (χ0) is 12.8. The molecule has 9 heteroatoms. The number of nitrogens with one attached hydrogen (secondary N) is 1. The van der Waals surface area contributed by atoms with E-state index in [2.05, 4.69) is 0 Å². The van der Waals surface area contributed by atoms with E-state index in [0.29, 0.717) is 5.08 Å². The molecule has 0 aromatic rings. The first-order valence-corrected chi connectivity index (χ1v) is 6.51. The number of thioether (sulfide) groups is 2. The Bertz CT molecular complexity index is 260. The van der Waals surface area contributed by atoms with Crippen molar-refractivity contribution in [2.75, 3.05) is 17.1 Å². The lowest BCUT2D eigenvalue weighted by Gasteiger charge is -2.14. The van der Waals surface area contributed by atoms with Crippen molar-refractivity contribution >= 4 is 35.4 Å². The Morgan fingerprint density at radius 3 is 2.38 bits per heavy atom. The highest BCUT2D eigenvalue weighted by Gasteiger charge is 2.40. The van der Waals surface area contributed by atoms with Crippen LogP contribution in [-0.2, 0) is 9.59 Å². The molecule has 0 aliphatic rings. The smallest absolute Gasteiger partial charge is 0.471 e. The van der Waals surface area contributed by atoms with Crippen LogP contribution in [0.5, 0.6) is 0 Å². The molecule has 0 aliphatic carbocycles. The average molecular weight is 277 g/mol. The maximum absolute atomic E-state index is 11.8. The van der Waals surface area contributed by atoms with Gasteiger partial charge in [0.05, 0.1) is 0 Å². The molecule has 0 heterocycles. The lowest BCUT2D eigenvalue weighted by molar-refractivity contribution is -0.175. The molecule has 1 amide bonds. The summed E-state index contributed by atoms with van der Waals surface area (Å²) in [4.78, 5) is 21.1. The van der Waals surface area contributed by atoms with Crippen molar-refractivity contribution in [1.82, 2.24) is 5.32 Å². The Morgan fingerprint density at radius 2 is 2.00 bits per heavy atom. The minimum absolute atomic E-state index is 0.0992. The summed E-state index contributed by atoms with van der Waals surface area (Å²) >= 11 is 2.56. The zero-order valence-corrected chi connectivity index (χ0v) is 9.84. The maximum atomic E-state index is 11.8. The summed E-state index contributed by atoms with van der Waals surface area (Å²) in [6.07, 6.45) is -3.28. The van der Waals surface area contributed by atoms with Gasteiger partial charge in [-0.3, -0.25) is 4.79 Å². The van der Waals surface area contributed by atoms with E-state index in [9.17, 15) is 22.8 Å². The number of hydrogen-bond donors (Lipinski definition) is 2. The fourth-order valence-electron chi connectivity index (χ4n) is 0.664. The van der Waals surface area contributed by atoms with Gasteiger partial charge in [0.15, 0.2) is 0 Å². The summed E-state index contributed by atoms with van der Waals surface area (Å²) in [6, 6.07) is -1.52. The van der Waals surface area contributed by atoms with E-state index in [4.69, 9.17) is 5.11 Å². The van der Waals surface area contributed by atoms with Crippen LogP contribution in [0, 0.1) is 0 Å². The molecule has 0 bridgehead atoms. The molecule has 0 spiro atoms. The molecule has 0 aliphatic heterocycles. The summed E-state index contributed by atoms with van der Waals surface area (Å²) in [5.74, 6) is -3.81. The predicted octanol–water partition coefficient (Wildman–Crippen LogP) is 1.17. The van der Waals surface area contributed by atoms with Crippen LogP contribution in [0.2, 0.25) is 0 Å². The summed E-state index contributed by atoms with van der Waals surface area (Å²) in [5, 5.41) is 10.6. The van der Waals surface area contributed by atoms with Gasteiger partial charge in [0.25, 0.3) is 0 Å². The Morgan fingerprint density at radius 1 is 1.44 bits per heavy atom. The molecule has 1 atom stereocenters. The van der Waals surface area contributed by atoms with Crippen LogP contribution in [0.1, 0.15) is 0 Å². The SMILES string of the molecule is CSCSC[C@H](NC(=O)C(F)(F)F)C(=O)O. The lowest BCUT2D eigenvalue weighted by Crippen LogP contribution is -2.48. The predicted molar refractivity (Wildman–Crippen MR) is 56.5 cm³/mol. The van der Waals surface area contributed by atoms with E-state index >= 15 is 0 Å². The van der Waals surface area contributed by atoms with E-state index in [1.54, 1.807) is 6.26 Å². The van der Waals surface area contributed by atoms with Crippen molar-refractivity contribution in [1.29, 1.82) is 0 Å². The second kappa shape index (κ2) is 6.89. The Balaban J connectivity index is 4.24. The first-order valence-electron chi connectivity index (χ1n) is 3.96. The van der Waals surface area contributed by atoms with Gasteiger partial charge in [-0.1, -0.05) is 0 Å². The Hall–Kier alpha value is -0.570. The van der Waals surface area contributed by atoms with Crippen LogP contribution in [0.3, 0.4) is 0 Å². The highest BCUT2D eigenvalue weighted by atomic mass is 32.2. The summed E-state index contributed by atoms with van der Waals surface area (Å²) < 4.78 is 35.5. The van der Waals surface area contributed by atoms with Gasteiger partial charge in [0.1, 0.15) is 6.04 Å². The van der Waals surface area contributed by atoms with Gasteiger partial charge in [-0.15, -0.1) is 11.8 Å². The number of halogens is 3. The highest BCUT2D eigenvalue weighted by molar-refractivity contribution is 8.15. The monoisotopic (exact) mass is 277 g/mol. The maximum Gasteiger partial charge on any atom is 0.471 e. The third-order valence-corrected chi connectivity index (χ3v) is 3.53. The van der Waals surface area contributed by atoms with E-state index in [0.717, 1.165) is 11.8 Å². The number of alkyl halides is 3. The van der Waals surface area contributed by atoms with Crippen LogP contribution in [0.15, 0.2) is 0 Å². The first-order chi connectivity index (χ1) is 7.29. The van der Waals surface area contributed by atoms with Crippen LogP contribution >= 0.6 is 23.5 Å². The molecule has 0 fully saturated rings. The quantitative estimate of drug-likeness (QED) is 0.563. The molecule has 0 saturated carbocycles. The topological polar surface area (TPSA) is 66.4 Å². The second-order valence-corrected chi connectivity index (χ2v) is 4.90. The third-order valence-electron chi connectivity index (χ3n) is 1.35. The molecule has 2 N–H and O–H groups in total. The molecule has 4 nitrogen and oxygen atoms in total. The molecule has 16 heavy (non-hydrogen) atoms. The number of aliphatic carboxylic acids is 1. The first kappa shape index (κ1) is 15.4. The third kappa shape index (κ3) is 6.11. The number of rotatable bonds is 6. The lowest BCUT2D eigenvalue weighted by atomic mass is 10.3. The number of hydrogen-bond acceptors (Lipinski definition) is 4. The summed E-state index contributed by atoms with van der Waals surface area (Å²) in [5.41, 5.74) is 0.